The van der Waals surface area contributed by atoms with E-state index in [1.807, 2.05) is 21.1 Å². The predicted octanol–water partition coefficient (Wildman–Crippen LogP) is 3.80. The van der Waals surface area contributed by atoms with Crippen molar-refractivity contribution < 1.29 is 32.9 Å². The van der Waals surface area contributed by atoms with Crippen LogP contribution in [0.1, 0.15) is 64.7 Å². The summed E-state index contributed by atoms with van der Waals surface area (Å²) in [4.78, 5) is 29.3. The van der Waals surface area contributed by atoms with Gasteiger partial charge in [0.15, 0.2) is 0 Å². The van der Waals surface area contributed by atoms with Crippen molar-refractivity contribution >= 4 is 13.8 Å². The molecule has 0 heterocycles. The number of hydrogen-bond acceptors (Lipinski definition) is 4. The molecule has 0 aromatic heterocycles. The van der Waals surface area contributed by atoms with Crippen LogP contribution in [-0.4, -0.2) is 60.6 Å². The Morgan fingerprint density at radius 1 is 1.00 bits per heavy atom. The summed E-state index contributed by atoms with van der Waals surface area (Å²) in [5.74, 6) is -0.318. The number of nitrogens with zero attached hydrogens (tertiary/aromatic N) is 1. The van der Waals surface area contributed by atoms with Crippen molar-refractivity contribution in [3.05, 3.63) is 12.2 Å². The Kier molecular flexibility index (Phi) is 13.1. The monoisotopic (exact) mass is 408 g/mol. The van der Waals surface area contributed by atoms with Crippen LogP contribution in [0.2, 0.25) is 0 Å². The predicted molar refractivity (Wildman–Crippen MR) is 107 cm³/mol. The van der Waals surface area contributed by atoms with E-state index in [-0.39, 0.29) is 5.97 Å². The van der Waals surface area contributed by atoms with Crippen LogP contribution in [0.4, 0.5) is 0 Å². The van der Waals surface area contributed by atoms with Crippen molar-refractivity contribution in [2.75, 3.05) is 34.3 Å². The van der Waals surface area contributed by atoms with Gasteiger partial charge in [-0.25, -0.2) is 9.36 Å². The zero-order valence-corrected chi connectivity index (χ0v) is 18.4. The van der Waals surface area contributed by atoms with Crippen LogP contribution in [0.3, 0.4) is 0 Å². The summed E-state index contributed by atoms with van der Waals surface area (Å²) in [5, 5.41) is 0. The van der Waals surface area contributed by atoms with Gasteiger partial charge in [-0.15, -0.1) is 0 Å². The van der Waals surface area contributed by atoms with Crippen molar-refractivity contribution in [2.24, 2.45) is 0 Å². The van der Waals surface area contributed by atoms with Crippen molar-refractivity contribution in [2.45, 2.75) is 70.8 Å². The molecule has 0 aromatic rings. The van der Waals surface area contributed by atoms with Crippen LogP contribution in [0.5, 0.6) is 0 Å². The van der Waals surface area contributed by atoms with Gasteiger partial charge in [-0.05, 0) is 19.8 Å². The molecule has 0 saturated heterocycles. The molecular formula is C19H39NO6P+. The van der Waals surface area contributed by atoms with E-state index in [0.29, 0.717) is 29.6 Å². The average molecular weight is 408 g/mol. The lowest BCUT2D eigenvalue weighted by molar-refractivity contribution is -0.873. The van der Waals surface area contributed by atoms with Crippen molar-refractivity contribution in [1.29, 1.82) is 0 Å². The van der Waals surface area contributed by atoms with Gasteiger partial charge in [0.25, 0.3) is 0 Å². The summed E-state index contributed by atoms with van der Waals surface area (Å²) in [7, 11) is 1.50. The molecule has 0 saturated carbocycles. The summed E-state index contributed by atoms with van der Waals surface area (Å²) in [6, 6.07) is 0. The molecule has 0 aliphatic heterocycles. The number of phosphoric ester groups is 1. The van der Waals surface area contributed by atoms with E-state index in [2.05, 4.69) is 6.58 Å². The SMILES string of the molecule is C=C(C)C(=O)OCCCCCCCCCCC(C[N+](C)(C)C)OP(=O)(O)O. The molecule has 0 spiro atoms. The summed E-state index contributed by atoms with van der Waals surface area (Å²) in [6.07, 6.45) is 8.63. The molecule has 8 heteroatoms. The number of phosphoric acid groups is 1. The first kappa shape index (κ1) is 26.3. The van der Waals surface area contributed by atoms with Crippen molar-refractivity contribution in [1.82, 2.24) is 0 Å². The molecule has 1 atom stereocenters. The van der Waals surface area contributed by atoms with Gasteiger partial charge in [-0.1, -0.05) is 51.5 Å². The van der Waals surface area contributed by atoms with E-state index in [1.165, 1.54) is 0 Å². The van der Waals surface area contributed by atoms with Crippen LogP contribution >= 0.6 is 7.82 Å². The zero-order valence-electron chi connectivity index (χ0n) is 17.5. The molecule has 0 aliphatic carbocycles. The molecule has 0 rings (SSSR count). The van der Waals surface area contributed by atoms with Gasteiger partial charge < -0.3 is 19.0 Å². The minimum atomic E-state index is -4.45. The Labute approximate surface area is 164 Å². The van der Waals surface area contributed by atoms with Gasteiger partial charge in [0.1, 0.15) is 12.6 Å². The molecule has 27 heavy (non-hydrogen) atoms. The molecule has 0 amide bonds. The van der Waals surface area contributed by atoms with E-state index in [1.54, 1.807) is 6.92 Å². The largest absolute Gasteiger partial charge is 0.470 e. The van der Waals surface area contributed by atoms with Gasteiger partial charge in [-0.3, -0.25) is 4.52 Å². The standard InChI is InChI=1S/C19H38NO6P/c1-17(2)19(21)25-15-13-11-9-7-6-8-10-12-14-18(16-20(3,4)5)26-27(22,23)24/h18H,1,6-16H2,2-5H3,(H-,22,23,24)/p+1. The highest BCUT2D eigenvalue weighted by molar-refractivity contribution is 7.46. The Morgan fingerprint density at radius 2 is 1.48 bits per heavy atom. The second-order valence-corrected chi connectivity index (χ2v) is 9.42. The van der Waals surface area contributed by atoms with Gasteiger partial charge in [0.05, 0.1) is 27.7 Å². The van der Waals surface area contributed by atoms with Gasteiger partial charge in [-0.2, -0.15) is 0 Å². The van der Waals surface area contributed by atoms with Crippen LogP contribution in [0.25, 0.3) is 0 Å². The van der Waals surface area contributed by atoms with E-state index in [9.17, 15) is 9.36 Å². The van der Waals surface area contributed by atoms with Gasteiger partial charge in [0.2, 0.25) is 0 Å². The molecule has 0 fully saturated rings. The Bertz CT molecular complexity index is 483. The first-order valence-electron chi connectivity index (χ1n) is 9.78. The van der Waals surface area contributed by atoms with Crippen LogP contribution in [-0.2, 0) is 18.6 Å². The lowest BCUT2D eigenvalue weighted by Gasteiger charge is -2.29. The van der Waals surface area contributed by atoms with Crippen LogP contribution in [0.15, 0.2) is 12.2 Å². The minimum absolute atomic E-state index is 0.318. The highest BCUT2D eigenvalue weighted by atomic mass is 31.2. The minimum Gasteiger partial charge on any atom is -0.462 e. The van der Waals surface area contributed by atoms with E-state index in [4.69, 9.17) is 19.0 Å². The molecule has 1 unspecified atom stereocenters. The normalized spacial score (nSPS) is 13.4. The van der Waals surface area contributed by atoms with E-state index in [0.717, 1.165) is 51.4 Å². The molecule has 160 valence electrons. The summed E-state index contributed by atoms with van der Waals surface area (Å²) >= 11 is 0. The maximum atomic E-state index is 11.2. The molecule has 0 bridgehead atoms. The smallest absolute Gasteiger partial charge is 0.462 e. The lowest BCUT2D eigenvalue weighted by atomic mass is 10.1. The number of rotatable bonds is 16. The Balaban J connectivity index is 3.71. The summed E-state index contributed by atoms with van der Waals surface area (Å²) in [6.45, 7) is 6.21. The molecule has 2 N–H and O–H groups in total. The second-order valence-electron chi connectivity index (χ2n) is 8.22. The first-order valence-corrected chi connectivity index (χ1v) is 11.3. The highest BCUT2D eigenvalue weighted by Gasteiger charge is 2.26. The number of quaternary nitrogens is 1. The summed E-state index contributed by atoms with van der Waals surface area (Å²) < 4.78 is 21.7. The van der Waals surface area contributed by atoms with Crippen molar-refractivity contribution in [3.63, 3.8) is 0 Å². The third-order valence-corrected chi connectivity index (χ3v) is 4.61. The van der Waals surface area contributed by atoms with E-state index >= 15 is 0 Å². The topological polar surface area (TPSA) is 93.1 Å². The quantitative estimate of drug-likeness (QED) is 0.133. The highest BCUT2D eigenvalue weighted by Crippen LogP contribution is 2.39. The number of unbranched alkanes of at least 4 members (excludes halogenated alkanes) is 7. The second kappa shape index (κ2) is 13.5. The van der Waals surface area contributed by atoms with Crippen LogP contribution < -0.4 is 0 Å². The number of esters is 1. The first-order chi connectivity index (χ1) is 12.4. The Hall–Kier alpha value is -0.720. The van der Waals surface area contributed by atoms with Gasteiger partial charge >= 0.3 is 13.8 Å². The summed E-state index contributed by atoms with van der Waals surface area (Å²) in [5.41, 5.74) is 0.435. The number of carbonyl (C=O) groups excluding carboxylic acids is 1. The molecule has 0 aliphatic rings. The fourth-order valence-electron chi connectivity index (χ4n) is 2.81. The maximum Gasteiger partial charge on any atom is 0.470 e. The fourth-order valence-corrected chi connectivity index (χ4v) is 3.37. The molecule has 7 nitrogen and oxygen atoms in total. The number of likely N-dealkylation sites (N-methyl/N-ethyl adjacent to an activating group) is 1. The number of carbonyl (C=O) groups is 1. The maximum absolute atomic E-state index is 11.2. The number of ether oxygens (including phenoxy) is 1. The Morgan fingerprint density at radius 3 is 1.93 bits per heavy atom. The average Bonchev–Trinajstić information content (AvgIpc) is 2.48. The van der Waals surface area contributed by atoms with Crippen molar-refractivity contribution in [3.8, 4) is 0 Å². The lowest BCUT2D eigenvalue weighted by Crippen LogP contribution is -2.42. The third-order valence-electron chi connectivity index (χ3n) is 4.04. The molecule has 0 aromatic carbocycles. The molecular weight excluding hydrogens is 369 g/mol. The zero-order chi connectivity index (χ0) is 20.9. The van der Waals surface area contributed by atoms with Gasteiger partial charge in [0, 0.05) is 5.57 Å². The van der Waals surface area contributed by atoms with Crippen LogP contribution in [0, 0.1) is 0 Å². The van der Waals surface area contributed by atoms with E-state index < -0.39 is 13.9 Å². The number of hydrogen-bond donors (Lipinski definition) is 2. The molecule has 0 radical (unpaired) electrons. The third kappa shape index (κ3) is 18.4. The fraction of sp³-hybridized carbons (Fsp3) is 0.842.